The summed E-state index contributed by atoms with van der Waals surface area (Å²) in [5.74, 6) is -6.79. The van der Waals surface area contributed by atoms with Gasteiger partial charge in [0, 0.05) is 37.3 Å². The lowest BCUT2D eigenvalue weighted by Gasteiger charge is -2.33. The van der Waals surface area contributed by atoms with E-state index in [1.165, 1.54) is 18.2 Å². The number of carboxylic acid groups (broad SMARTS) is 2. The Morgan fingerprint density at radius 1 is 0.975 bits per heavy atom. The minimum absolute atomic E-state index is 0.0794. The molecule has 11 nitrogen and oxygen atoms in total. The first-order chi connectivity index (χ1) is 18.9. The van der Waals surface area contributed by atoms with Gasteiger partial charge < -0.3 is 31.1 Å². The molecule has 0 saturated carbocycles. The van der Waals surface area contributed by atoms with Crippen LogP contribution in [0.5, 0.6) is 0 Å². The van der Waals surface area contributed by atoms with E-state index in [2.05, 4.69) is 15.7 Å². The average molecular weight is 565 g/mol. The number of nitrogens with zero attached hydrogens (tertiary/aromatic N) is 2. The average Bonchev–Trinajstić information content (AvgIpc) is 3.36. The largest absolute Gasteiger partial charge is 0.479 e. The number of nitrogens with one attached hydrogen (secondary N) is 2. The van der Waals surface area contributed by atoms with Gasteiger partial charge in [0.2, 0.25) is 0 Å². The van der Waals surface area contributed by atoms with Gasteiger partial charge in [-0.05, 0) is 48.9 Å². The zero-order valence-electron chi connectivity index (χ0n) is 21.1. The fourth-order valence-electron chi connectivity index (χ4n) is 4.10. The van der Waals surface area contributed by atoms with Crippen molar-refractivity contribution in [3.8, 4) is 11.3 Å². The van der Waals surface area contributed by atoms with Crippen LogP contribution in [-0.2, 0) is 16.6 Å². The Labute approximate surface area is 225 Å². The lowest BCUT2D eigenvalue weighted by molar-refractivity contribution is -0.165. The van der Waals surface area contributed by atoms with Crippen LogP contribution in [0.2, 0.25) is 0 Å². The second-order valence-corrected chi connectivity index (χ2v) is 8.99. The number of aliphatic hydroxyl groups excluding tert-OH is 2. The van der Waals surface area contributed by atoms with Crippen LogP contribution in [0.4, 0.5) is 13.2 Å². The molecule has 2 heterocycles. The van der Waals surface area contributed by atoms with E-state index in [9.17, 15) is 27.6 Å². The number of rotatable bonds is 7. The van der Waals surface area contributed by atoms with Crippen molar-refractivity contribution in [2.45, 2.75) is 30.6 Å². The number of aryl methyl sites for hydroxylation is 1. The number of hydrogen-bond donors (Lipinski definition) is 6. The Balaban J connectivity index is 0.000000378. The smallest absolute Gasteiger partial charge is 0.335 e. The predicted octanol–water partition coefficient (Wildman–Crippen LogP) is 1.26. The summed E-state index contributed by atoms with van der Waals surface area (Å²) in [5.41, 5.74) is 1.71. The molecule has 0 aliphatic carbocycles. The van der Waals surface area contributed by atoms with Crippen molar-refractivity contribution in [2.75, 3.05) is 13.1 Å². The van der Waals surface area contributed by atoms with Crippen molar-refractivity contribution in [1.29, 1.82) is 0 Å². The van der Waals surface area contributed by atoms with Gasteiger partial charge in [-0.25, -0.2) is 22.8 Å². The molecule has 0 spiro atoms. The van der Waals surface area contributed by atoms with Crippen LogP contribution in [0.25, 0.3) is 11.3 Å². The van der Waals surface area contributed by atoms with Gasteiger partial charge in [-0.2, -0.15) is 5.10 Å². The van der Waals surface area contributed by atoms with E-state index in [0.717, 1.165) is 12.1 Å². The Morgan fingerprint density at radius 2 is 1.65 bits per heavy atom. The third kappa shape index (κ3) is 7.43. The van der Waals surface area contributed by atoms with Crippen molar-refractivity contribution < 1.29 is 48.0 Å². The van der Waals surface area contributed by atoms with E-state index >= 15 is 0 Å². The number of carboxylic acids is 2. The summed E-state index contributed by atoms with van der Waals surface area (Å²) < 4.78 is 43.3. The fraction of sp³-hybridized carbons (Fsp3) is 0.308. The van der Waals surface area contributed by atoms with Gasteiger partial charge in [-0.15, -0.1) is 0 Å². The van der Waals surface area contributed by atoms with Crippen molar-refractivity contribution in [1.82, 2.24) is 20.4 Å². The van der Waals surface area contributed by atoms with Gasteiger partial charge in [0.05, 0.1) is 11.3 Å². The maximum atomic E-state index is 14.7. The summed E-state index contributed by atoms with van der Waals surface area (Å²) in [5, 5.41) is 42.8. The molecule has 4 rings (SSSR count). The third-order valence-electron chi connectivity index (χ3n) is 6.20. The molecule has 1 amide bonds. The van der Waals surface area contributed by atoms with Crippen molar-refractivity contribution >= 4 is 17.8 Å². The maximum absolute atomic E-state index is 14.7. The van der Waals surface area contributed by atoms with Crippen molar-refractivity contribution in [2.24, 2.45) is 7.05 Å². The van der Waals surface area contributed by atoms with E-state index in [0.29, 0.717) is 36.3 Å². The zero-order chi connectivity index (χ0) is 29.6. The summed E-state index contributed by atoms with van der Waals surface area (Å²) in [7, 11) is 1.77. The lowest BCUT2D eigenvalue weighted by atomic mass is 9.85. The molecule has 0 radical (unpaired) electrons. The second kappa shape index (κ2) is 13.2. The molecule has 4 atom stereocenters. The Morgan fingerprint density at radius 3 is 2.20 bits per heavy atom. The summed E-state index contributed by atoms with van der Waals surface area (Å²) in [6.07, 6.45) is -2.14. The highest BCUT2D eigenvalue weighted by Gasteiger charge is 2.30. The molecule has 1 saturated heterocycles. The van der Waals surface area contributed by atoms with Crippen LogP contribution >= 0.6 is 0 Å². The highest BCUT2D eigenvalue weighted by atomic mass is 19.2. The van der Waals surface area contributed by atoms with Gasteiger partial charge in [-0.3, -0.25) is 9.48 Å². The minimum atomic E-state index is -2.27. The van der Waals surface area contributed by atoms with Crippen LogP contribution in [0.3, 0.4) is 0 Å². The van der Waals surface area contributed by atoms with Gasteiger partial charge in [0.1, 0.15) is 5.82 Å². The Kier molecular flexibility index (Phi) is 9.98. The number of aliphatic carboxylic acids is 2. The van der Waals surface area contributed by atoms with E-state index in [-0.39, 0.29) is 17.5 Å². The molecule has 14 heteroatoms. The van der Waals surface area contributed by atoms with E-state index in [1.54, 1.807) is 30.1 Å². The summed E-state index contributed by atoms with van der Waals surface area (Å²) in [4.78, 5) is 32.3. The van der Waals surface area contributed by atoms with E-state index in [1.807, 2.05) is 0 Å². The minimum Gasteiger partial charge on any atom is -0.479 e. The number of amides is 1. The zero-order valence-corrected chi connectivity index (χ0v) is 21.1. The number of aromatic nitrogens is 2. The van der Waals surface area contributed by atoms with Crippen LogP contribution in [-0.4, -0.2) is 79.4 Å². The summed E-state index contributed by atoms with van der Waals surface area (Å²) in [6.45, 7) is 1.13. The number of benzene rings is 2. The molecular weight excluding hydrogens is 537 g/mol. The summed E-state index contributed by atoms with van der Waals surface area (Å²) >= 11 is 0. The highest BCUT2D eigenvalue weighted by Crippen LogP contribution is 2.28. The molecule has 1 aromatic heterocycles. The molecule has 1 aliphatic heterocycles. The summed E-state index contributed by atoms with van der Waals surface area (Å²) in [6, 6.07) is 9.50. The SMILES string of the molecule is Cn1ccc(-c2ccc(C(=O)N[C@@H]3CNCC[C@H]3c3ccc(F)c(F)c3)c(F)c2)n1.O=C(O)[C@H](O)[C@@H](O)C(=O)O. The van der Waals surface area contributed by atoms with Gasteiger partial charge >= 0.3 is 11.9 Å². The highest BCUT2D eigenvalue weighted by molar-refractivity contribution is 5.95. The van der Waals surface area contributed by atoms with Gasteiger partial charge in [0.25, 0.3) is 5.91 Å². The normalized spacial score (nSPS) is 18.1. The fourth-order valence-corrected chi connectivity index (χ4v) is 4.10. The van der Waals surface area contributed by atoms with Crippen LogP contribution < -0.4 is 10.6 Å². The van der Waals surface area contributed by atoms with E-state index < -0.39 is 47.5 Å². The van der Waals surface area contributed by atoms with Crippen LogP contribution in [0.15, 0.2) is 48.7 Å². The predicted molar refractivity (Wildman–Crippen MR) is 134 cm³/mol. The first-order valence-corrected chi connectivity index (χ1v) is 12.0. The topological polar surface area (TPSA) is 174 Å². The third-order valence-corrected chi connectivity index (χ3v) is 6.20. The molecule has 2 aromatic carbocycles. The number of halogens is 3. The number of hydrogen-bond acceptors (Lipinski definition) is 7. The Bertz CT molecular complexity index is 1370. The van der Waals surface area contributed by atoms with Gasteiger partial charge in [0.15, 0.2) is 23.8 Å². The lowest BCUT2D eigenvalue weighted by Crippen LogP contribution is -2.50. The number of aliphatic hydroxyl groups is 2. The monoisotopic (exact) mass is 564 g/mol. The van der Waals surface area contributed by atoms with Crippen molar-refractivity contribution in [3.05, 3.63) is 77.2 Å². The molecule has 0 unspecified atom stereocenters. The molecule has 40 heavy (non-hydrogen) atoms. The standard InChI is InChI=1S/C22H21F3N4O.C4H6O6/c1-29-9-7-20(28-29)14-2-4-16(18(24)11-14)22(30)27-21-12-26-8-6-15(21)13-3-5-17(23)19(25)10-13;5-1(3(7)8)2(6)4(9)10/h2-5,7,9-11,15,21,26H,6,8,12H2,1H3,(H,27,30);1-2,5-6H,(H,7,8)(H,9,10)/t15-,21+;1-,2-/m01/s1. The Hall–Kier alpha value is -4.27. The molecule has 3 aromatic rings. The molecule has 1 aliphatic rings. The van der Waals surface area contributed by atoms with Crippen molar-refractivity contribution in [3.63, 3.8) is 0 Å². The quantitative estimate of drug-likeness (QED) is 0.247. The number of carbonyl (C=O) groups excluding carboxylic acids is 1. The first kappa shape index (κ1) is 30.3. The van der Waals surface area contributed by atoms with Crippen LogP contribution in [0, 0.1) is 17.5 Å². The molecule has 1 fully saturated rings. The first-order valence-electron chi connectivity index (χ1n) is 12.0. The van der Waals surface area contributed by atoms with Gasteiger partial charge in [-0.1, -0.05) is 12.1 Å². The molecular formula is C26H27F3N4O7. The number of piperidine rings is 1. The molecule has 6 N–H and O–H groups in total. The number of carbonyl (C=O) groups is 3. The van der Waals surface area contributed by atoms with E-state index in [4.69, 9.17) is 20.4 Å². The second-order valence-electron chi connectivity index (χ2n) is 8.99. The maximum Gasteiger partial charge on any atom is 0.335 e. The van der Waals surface area contributed by atoms with Crippen LogP contribution in [0.1, 0.15) is 28.3 Å². The molecule has 0 bridgehead atoms. The molecule has 214 valence electrons.